The van der Waals surface area contributed by atoms with Gasteiger partial charge in [-0.1, -0.05) is 36.4 Å². The molecule has 0 bridgehead atoms. The first-order valence-electron chi connectivity index (χ1n) is 10.9. The van der Waals surface area contributed by atoms with Gasteiger partial charge in [0.1, 0.15) is 11.6 Å². The van der Waals surface area contributed by atoms with Gasteiger partial charge in [0.2, 0.25) is 0 Å². The maximum atomic E-state index is 13.0. The number of nitrogens with two attached hydrogens (primary N) is 1. The van der Waals surface area contributed by atoms with Crippen molar-refractivity contribution >= 4 is 27.6 Å². The number of carbonyl (C=O) groups is 1. The molecule has 1 aromatic carbocycles. The maximum Gasteiger partial charge on any atom is 0.281 e. The molecule has 1 fully saturated rings. The summed E-state index contributed by atoms with van der Waals surface area (Å²) < 4.78 is 27.4. The lowest BCUT2D eigenvalue weighted by molar-refractivity contribution is 0.0981. The summed E-state index contributed by atoms with van der Waals surface area (Å²) in [7, 11) is -4.17. The third kappa shape index (κ3) is 5.48. The number of piperidine rings is 1. The Morgan fingerprint density at radius 2 is 1.76 bits per heavy atom. The summed E-state index contributed by atoms with van der Waals surface area (Å²) in [6, 6.07) is 18.0. The van der Waals surface area contributed by atoms with E-state index < -0.39 is 15.9 Å². The fourth-order valence-electron chi connectivity index (χ4n) is 4.07. The number of aromatic nitrogens is 2. The molecule has 172 valence electrons. The smallest absolute Gasteiger partial charge is 0.281 e. The number of nitrogens with zero attached hydrogens (tertiary/aromatic N) is 3. The van der Waals surface area contributed by atoms with Crippen molar-refractivity contribution in [3.05, 3.63) is 77.5 Å². The molecule has 2 aromatic heterocycles. The Balaban J connectivity index is 1.49. The first kappa shape index (κ1) is 22.7. The Morgan fingerprint density at radius 1 is 1.03 bits per heavy atom. The molecule has 0 saturated carbocycles. The molecular weight excluding hydrogens is 438 g/mol. The van der Waals surface area contributed by atoms with Crippen molar-refractivity contribution in [1.29, 1.82) is 0 Å². The molecule has 0 unspecified atom stereocenters. The van der Waals surface area contributed by atoms with Crippen molar-refractivity contribution in [3.8, 4) is 0 Å². The van der Waals surface area contributed by atoms with Crippen LogP contribution in [-0.4, -0.2) is 37.4 Å². The molecule has 0 spiro atoms. The van der Waals surface area contributed by atoms with E-state index in [0.717, 1.165) is 38.0 Å². The van der Waals surface area contributed by atoms with Gasteiger partial charge < -0.3 is 10.6 Å². The number of benzene rings is 1. The molecule has 1 aliphatic heterocycles. The Morgan fingerprint density at radius 3 is 2.45 bits per heavy atom. The van der Waals surface area contributed by atoms with Gasteiger partial charge in [-0.25, -0.2) is 14.7 Å². The molecule has 1 aliphatic rings. The van der Waals surface area contributed by atoms with E-state index >= 15 is 0 Å². The highest BCUT2D eigenvalue weighted by Crippen LogP contribution is 2.27. The summed E-state index contributed by atoms with van der Waals surface area (Å²) in [4.78, 5) is 23.4. The fraction of sp³-hybridized carbons (Fsp3) is 0.292. The first-order chi connectivity index (χ1) is 15.8. The number of hydrogen-bond acceptors (Lipinski definition) is 7. The van der Waals surface area contributed by atoms with Crippen LogP contribution in [0.25, 0.3) is 0 Å². The standard InChI is InChI=1S/C24H27N5O3S/c1-17-10-11-20(24(30)28-33(31,32)22-9-5-8-21(25)27-22)23(26-17)29-14-12-19(13-15-29)16-18-6-3-2-4-7-18/h2-11,19H,12-16H2,1H3,(H2,25,27)(H,28,30). The van der Waals surface area contributed by atoms with E-state index in [1.54, 1.807) is 12.1 Å². The van der Waals surface area contributed by atoms with Gasteiger partial charge in [-0.15, -0.1) is 0 Å². The highest BCUT2D eigenvalue weighted by Gasteiger charge is 2.27. The topological polar surface area (TPSA) is 118 Å². The van der Waals surface area contributed by atoms with E-state index in [-0.39, 0.29) is 16.4 Å². The number of carbonyl (C=O) groups excluding carboxylic acids is 1. The van der Waals surface area contributed by atoms with Gasteiger partial charge in [0.05, 0.1) is 5.56 Å². The molecule has 0 aliphatic carbocycles. The number of nitrogen functional groups attached to an aromatic ring is 1. The van der Waals surface area contributed by atoms with Crippen LogP contribution in [0.3, 0.4) is 0 Å². The first-order valence-corrected chi connectivity index (χ1v) is 12.4. The number of anilines is 2. The van der Waals surface area contributed by atoms with E-state index in [9.17, 15) is 13.2 Å². The lowest BCUT2D eigenvalue weighted by atomic mass is 9.90. The van der Waals surface area contributed by atoms with Crippen LogP contribution in [0.4, 0.5) is 11.6 Å². The highest BCUT2D eigenvalue weighted by atomic mass is 32.2. The van der Waals surface area contributed by atoms with Gasteiger partial charge in [-0.2, -0.15) is 8.42 Å². The van der Waals surface area contributed by atoms with Crippen molar-refractivity contribution in [2.75, 3.05) is 23.7 Å². The second-order valence-corrected chi connectivity index (χ2v) is 9.91. The van der Waals surface area contributed by atoms with Crippen molar-refractivity contribution in [2.24, 2.45) is 5.92 Å². The lowest BCUT2D eigenvalue weighted by Gasteiger charge is -2.34. The van der Waals surface area contributed by atoms with E-state index in [4.69, 9.17) is 5.73 Å². The average molecular weight is 466 g/mol. The predicted octanol–water partition coefficient (Wildman–Crippen LogP) is 2.95. The number of hydrogen-bond donors (Lipinski definition) is 2. The third-order valence-electron chi connectivity index (χ3n) is 5.79. The van der Waals surface area contributed by atoms with Crippen LogP contribution in [0.1, 0.15) is 34.5 Å². The zero-order valence-electron chi connectivity index (χ0n) is 18.4. The van der Waals surface area contributed by atoms with Crippen molar-refractivity contribution < 1.29 is 13.2 Å². The second kappa shape index (κ2) is 9.58. The van der Waals surface area contributed by atoms with Crippen LogP contribution < -0.4 is 15.4 Å². The summed E-state index contributed by atoms with van der Waals surface area (Å²) in [5, 5.41) is -0.306. The molecule has 33 heavy (non-hydrogen) atoms. The minimum atomic E-state index is -4.17. The monoisotopic (exact) mass is 465 g/mol. The summed E-state index contributed by atoms with van der Waals surface area (Å²) in [5.74, 6) is 0.372. The number of nitrogens with one attached hydrogen (secondary N) is 1. The minimum Gasteiger partial charge on any atom is -0.384 e. The van der Waals surface area contributed by atoms with Crippen molar-refractivity contribution in [2.45, 2.75) is 31.2 Å². The third-order valence-corrected chi connectivity index (χ3v) is 7.02. The number of amides is 1. The molecule has 9 heteroatoms. The van der Waals surface area contributed by atoms with Gasteiger partial charge in [0.15, 0.2) is 5.03 Å². The number of pyridine rings is 2. The maximum absolute atomic E-state index is 13.0. The molecule has 0 atom stereocenters. The number of sulfonamides is 1. The SMILES string of the molecule is Cc1ccc(C(=O)NS(=O)(=O)c2cccc(N)n2)c(N2CCC(Cc3ccccc3)CC2)n1. The van der Waals surface area contributed by atoms with Gasteiger partial charge in [0, 0.05) is 18.8 Å². The van der Waals surface area contributed by atoms with Crippen LogP contribution in [-0.2, 0) is 16.4 Å². The molecule has 1 saturated heterocycles. The number of aryl methyl sites for hydroxylation is 1. The van der Waals surface area contributed by atoms with Gasteiger partial charge >= 0.3 is 0 Å². The van der Waals surface area contributed by atoms with Crippen molar-refractivity contribution in [3.63, 3.8) is 0 Å². The van der Waals surface area contributed by atoms with Gasteiger partial charge in [0.25, 0.3) is 15.9 Å². The predicted molar refractivity (Wildman–Crippen MR) is 127 cm³/mol. The van der Waals surface area contributed by atoms with Gasteiger partial charge in [-0.3, -0.25) is 4.79 Å². The summed E-state index contributed by atoms with van der Waals surface area (Å²) in [6.07, 6.45) is 2.96. The summed E-state index contributed by atoms with van der Waals surface area (Å²) >= 11 is 0. The van der Waals surface area contributed by atoms with Crippen LogP contribution in [0.2, 0.25) is 0 Å². The van der Waals surface area contributed by atoms with Crippen LogP contribution in [0, 0.1) is 12.8 Å². The van der Waals surface area contributed by atoms with Crippen LogP contribution in [0.15, 0.2) is 65.7 Å². The molecule has 4 rings (SSSR count). The molecular formula is C24H27N5O3S. The Bertz CT molecular complexity index is 1240. The average Bonchev–Trinajstić information content (AvgIpc) is 2.80. The number of rotatable bonds is 6. The van der Waals surface area contributed by atoms with Crippen LogP contribution in [0.5, 0.6) is 0 Å². The summed E-state index contributed by atoms with van der Waals surface area (Å²) in [6.45, 7) is 3.34. The Kier molecular flexibility index (Phi) is 6.60. The molecule has 3 heterocycles. The van der Waals surface area contributed by atoms with E-state index in [0.29, 0.717) is 11.7 Å². The van der Waals surface area contributed by atoms with Gasteiger partial charge in [-0.05, 0) is 61.9 Å². The molecule has 1 amide bonds. The van der Waals surface area contributed by atoms with E-state index in [1.807, 2.05) is 13.0 Å². The lowest BCUT2D eigenvalue weighted by Crippen LogP contribution is -2.38. The fourth-order valence-corrected chi connectivity index (χ4v) is 5.01. The second-order valence-electron chi connectivity index (χ2n) is 8.28. The van der Waals surface area contributed by atoms with E-state index in [1.165, 1.54) is 23.8 Å². The Hall–Kier alpha value is -3.46. The zero-order valence-corrected chi connectivity index (χ0v) is 19.3. The molecule has 3 N–H and O–H groups in total. The Labute approximate surface area is 193 Å². The molecule has 0 radical (unpaired) electrons. The molecule has 8 nitrogen and oxygen atoms in total. The largest absolute Gasteiger partial charge is 0.384 e. The quantitative estimate of drug-likeness (QED) is 0.574. The normalized spacial score (nSPS) is 14.8. The minimum absolute atomic E-state index is 0.0568. The van der Waals surface area contributed by atoms with Crippen molar-refractivity contribution in [1.82, 2.24) is 14.7 Å². The molecule has 3 aromatic rings. The zero-order chi connectivity index (χ0) is 23.4. The van der Waals surface area contributed by atoms with E-state index in [2.05, 4.69) is 43.9 Å². The summed E-state index contributed by atoms with van der Waals surface area (Å²) in [5.41, 5.74) is 7.89. The van der Waals surface area contributed by atoms with Crippen LogP contribution >= 0.6 is 0 Å². The highest BCUT2D eigenvalue weighted by molar-refractivity contribution is 7.90.